The van der Waals surface area contributed by atoms with E-state index in [1.54, 1.807) is 17.4 Å². The van der Waals surface area contributed by atoms with Crippen LogP contribution < -0.4 is 10.2 Å². The molecule has 26 heavy (non-hydrogen) atoms. The summed E-state index contributed by atoms with van der Waals surface area (Å²) in [5, 5.41) is 13.1. The van der Waals surface area contributed by atoms with E-state index >= 15 is 0 Å². The zero-order chi connectivity index (χ0) is 18.7. The maximum absolute atomic E-state index is 11.6. The van der Waals surface area contributed by atoms with Gasteiger partial charge >= 0.3 is 5.69 Å². The molecule has 1 aliphatic rings. The maximum Gasteiger partial charge on any atom is 0.329 e. The molecule has 0 saturated carbocycles. The van der Waals surface area contributed by atoms with Gasteiger partial charge < -0.3 is 4.90 Å². The van der Waals surface area contributed by atoms with E-state index in [-0.39, 0.29) is 10.6 Å². The standard InChI is InChI=1S/C17H20N4O4S/c1-26(24,25)20-11-9-19(10-12-20)15-7-8-17(21(22)23)16(13-15)18-14-5-3-2-4-6-14/h2-8,13,18H,9-12H2,1H3/p+1. The highest BCUT2D eigenvalue weighted by Gasteiger charge is 2.25. The predicted molar refractivity (Wildman–Crippen MR) is 99.4 cm³/mol. The quantitative estimate of drug-likeness (QED) is 0.479. The second kappa shape index (κ2) is 7.40. The smallest absolute Gasteiger partial charge is 0.329 e. The number of nitro groups is 1. The molecule has 1 saturated heterocycles. The van der Waals surface area contributed by atoms with Crippen molar-refractivity contribution in [2.75, 3.05) is 37.3 Å². The average Bonchev–Trinajstić information content (AvgIpc) is 2.62. The number of quaternary nitrogens is 1. The second-order valence-corrected chi connectivity index (χ2v) is 8.19. The Morgan fingerprint density at radius 2 is 1.69 bits per heavy atom. The van der Waals surface area contributed by atoms with Gasteiger partial charge in [0.1, 0.15) is 5.69 Å². The number of nitrogens with two attached hydrogens (primary N) is 1. The van der Waals surface area contributed by atoms with E-state index in [4.69, 9.17) is 0 Å². The highest BCUT2D eigenvalue weighted by molar-refractivity contribution is 7.88. The fraction of sp³-hybridized carbons (Fsp3) is 0.294. The van der Waals surface area contributed by atoms with Crippen LogP contribution in [0.5, 0.6) is 0 Å². The van der Waals surface area contributed by atoms with Gasteiger partial charge in [-0.25, -0.2) is 8.42 Å². The van der Waals surface area contributed by atoms with Crippen LogP contribution in [0, 0.1) is 10.1 Å². The Bertz CT molecular complexity index is 894. The van der Waals surface area contributed by atoms with Crippen LogP contribution in [0.25, 0.3) is 0 Å². The lowest BCUT2D eigenvalue weighted by molar-refractivity contribution is -0.491. The third kappa shape index (κ3) is 4.18. The average molecular weight is 377 g/mol. The normalized spacial score (nSPS) is 15.8. The van der Waals surface area contributed by atoms with Crippen molar-refractivity contribution in [2.45, 2.75) is 0 Å². The second-order valence-electron chi connectivity index (χ2n) is 6.20. The SMILES string of the molecule is CS(=O)(=O)N1CCN(c2ccc([N+](=O)[O-])c([NH2+]c3ccccc3)c2)CC1. The lowest BCUT2D eigenvalue weighted by Crippen LogP contribution is -2.71. The largest absolute Gasteiger partial charge is 0.369 e. The van der Waals surface area contributed by atoms with Crippen molar-refractivity contribution in [2.24, 2.45) is 0 Å². The number of hydrogen-bond donors (Lipinski definition) is 1. The monoisotopic (exact) mass is 377 g/mol. The number of anilines is 1. The summed E-state index contributed by atoms with van der Waals surface area (Å²) in [6.45, 7) is 1.92. The van der Waals surface area contributed by atoms with Gasteiger partial charge in [-0.2, -0.15) is 4.31 Å². The van der Waals surface area contributed by atoms with Gasteiger partial charge in [0.15, 0.2) is 0 Å². The van der Waals surface area contributed by atoms with E-state index in [0.29, 0.717) is 31.9 Å². The summed E-state index contributed by atoms with van der Waals surface area (Å²) in [6.07, 6.45) is 1.21. The van der Waals surface area contributed by atoms with Crippen LogP contribution in [0.1, 0.15) is 0 Å². The Hall–Kier alpha value is -2.49. The Labute approximate surface area is 152 Å². The van der Waals surface area contributed by atoms with Gasteiger partial charge in [0.25, 0.3) is 0 Å². The first-order valence-electron chi connectivity index (χ1n) is 8.23. The van der Waals surface area contributed by atoms with E-state index < -0.39 is 10.0 Å². The molecule has 1 heterocycles. The van der Waals surface area contributed by atoms with Crippen molar-refractivity contribution in [1.29, 1.82) is 0 Å². The highest BCUT2D eigenvalue weighted by Crippen LogP contribution is 2.28. The number of benzene rings is 2. The maximum atomic E-state index is 11.6. The minimum atomic E-state index is -3.19. The molecule has 2 aromatic carbocycles. The third-order valence-corrected chi connectivity index (χ3v) is 5.71. The van der Waals surface area contributed by atoms with Crippen molar-refractivity contribution in [3.05, 3.63) is 58.6 Å². The zero-order valence-corrected chi connectivity index (χ0v) is 15.2. The fourth-order valence-corrected chi connectivity index (χ4v) is 3.85. The molecule has 1 fully saturated rings. The van der Waals surface area contributed by atoms with E-state index in [9.17, 15) is 18.5 Å². The summed E-state index contributed by atoms with van der Waals surface area (Å²) in [5.41, 5.74) is 2.32. The van der Waals surface area contributed by atoms with Crippen molar-refractivity contribution in [3.63, 3.8) is 0 Å². The molecule has 0 bridgehead atoms. The summed E-state index contributed by atoms with van der Waals surface area (Å²) in [4.78, 5) is 13.0. The molecule has 9 heteroatoms. The van der Waals surface area contributed by atoms with Crippen LogP contribution >= 0.6 is 0 Å². The summed E-state index contributed by atoms with van der Waals surface area (Å²) in [5.74, 6) is 0. The number of nitro benzene ring substituents is 1. The summed E-state index contributed by atoms with van der Waals surface area (Å²) in [7, 11) is -3.19. The van der Waals surface area contributed by atoms with Gasteiger partial charge in [0.2, 0.25) is 15.7 Å². The van der Waals surface area contributed by atoms with Crippen LogP contribution in [-0.2, 0) is 10.0 Å². The van der Waals surface area contributed by atoms with Gasteiger partial charge in [0, 0.05) is 44.0 Å². The minimum Gasteiger partial charge on any atom is -0.369 e. The number of para-hydroxylation sites is 1. The number of hydrogen-bond acceptors (Lipinski definition) is 5. The first-order valence-corrected chi connectivity index (χ1v) is 10.1. The van der Waals surface area contributed by atoms with E-state index in [1.165, 1.54) is 16.6 Å². The van der Waals surface area contributed by atoms with Gasteiger partial charge in [-0.3, -0.25) is 15.4 Å². The molecule has 0 aromatic heterocycles. The number of rotatable bonds is 5. The van der Waals surface area contributed by atoms with E-state index in [1.807, 2.05) is 35.2 Å². The zero-order valence-electron chi connectivity index (χ0n) is 14.4. The summed E-state index contributed by atoms with van der Waals surface area (Å²) in [6, 6.07) is 14.5. The number of sulfonamides is 1. The van der Waals surface area contributed by atoms with Gasteiger partial charge in [-0.15, -0.1) is 0 Å². The topological polar surface area (TPSA) is 100 Å². The van der Waals surface area contributed by atoms with Crippen molar-refractivity contribution in [3.8, 4) is 0 Å². The molecule has 0 spiro atoms. The van der Waals surface area contributed by atoms with Gasteiger partial charge in [-0.05, 0) is 18.2 Å². The molecule has 2 aromatic rings. The van der Waals surface area contributed by atoms with Crippen molar-refractivity contribution in [1.82, 2.24) is 4.31 Å². The molecule has 1 aliphatic heterocycles. The first-order chi connectivity index (χ1) is 12.3. The molecule has 0 atom stereocenters. The Morgan fingerprint density at radius 3 is 2.27 bits per heavy atom. The van der Waals surface area contributed by atoms with Crippen molar-refractivity contribution < 1.29 is 18.7 Å². The molecule has 2 N–H and O–H groups in total. The van der Waals surface area contributed by atoms with Crippen LogP contribution in [0.15, 0.2) is 48.5 Å². The molecule has 0 aliphatic carbocycles. The highest BCUT2D eigenvalue weighted by atomic mass is 32.2. The van der Waals surface area contributed by atoms with Crippen LogP contribution in [0.4, 0.5) is 22.7 Å². The van der Waals surface area contributed by atoms with Crippen LogP contribution in [0.3, 0.4) is 0 Å². The number of piperazine rings is 1. The molecule has 3 rings (SSSR count). The van der Waals surface area contributed by atoms with Crippen molar-refractivity contribution >= 4 is 32.8 Å². The molecule has 0 amide bonds. The van der Waals surface area contributed by atoms with Crippen LogP contribution in [0.2, 0.25) is 0 Å². The Morgan fingerprint density at radius 1 is 1.04 bits per heavy atom. The Balaban J connectivity index is 1.83. The Kier molecular flexibility index (Phi) is 5.21. The third-order valence-electron chi connectivity index (χ3n) is 4.40. The van der Waals surface area contributed by atoms with Crippen LogP contribution in [-0.4, -0.2) is 50.1 Å². The number of nitrogens with zero attached hydrogens (tertiary/aromatic N) is 3. The van der Waals surface area contributed by atoms with Gasteiger partial charge in [-0.1, -0.05) is 18.2 Å². The van der Waals surface area contributed by atoms with E-state index in [0.717, 1.165) is 11.4 Å². The first kappa shape index (κ1) is 18.3. The lowest BCUT2D eigenvalue weighted by atomic mass is 10.2. The molecular formula is C17H21N4O4S+. The molecule has 0 radical (unpaired) electrons. The summed E-state index contributed by atoms with van der Waals surface area (Å²) >= 11 is 0. The minimum absolute atomic E-state index is 0.0485. The molecule has 8 nitrogen and oxygen atoms in total. The summed E-state index contributed by atoms with van der Waals surface area (Å²) < 4.78 is 24.7. The van der Waals surface area contributed by atoms with E-state index in [2.05, 4.69) is 0 Å². The predicted octanol–water partition coefficient (Wildman–Crippen LogP) is 1.20. The van der Waals surface area contributed by atoms with Gasteiger partial charge in [0.05, 0.1) is 11.2 Å². The molecular weight excluding hydrogens is 356 g/mol. The molecule has 0 unspecified atom stereocenters. The lowest BCUT2D eigenvalue weighted by Gasteiger charge is -2.34. The fourth-order valence-electron chi connectivity index (χ4n) is 3.03. The molecule has 138 valence electrons.